The Morgan fingerprint density at radius 1 is 0.833 bits per heavy atom. The van der Waals surface area contributed by atoms with E-state index in [2.05, 4.69) is 6.08 Å². The average Bonchev–Trinajstić information content (AvgIpc) is 2.86. The minimum Gasteiger partial charge on any atom is -0.295 e. The molecule has 0 heterocycles. The first-order chi connectivity index (χ1) is 8.83. The summed E-state index contributed by atoms with van der Waals surface area (Å²) in [5, 5.41) is 0. The van der Waals surface area contributed by atoms with Gasteiger partial charge in [0, 0.05) is 6.42 Å². The molecule has 0 aromatic rings. The van der Waals surface area contributed by atoms with Crippen molar-refractivity contribution >= 4 is 5.78 Å². The molecule has 3 fully saturated rings. The molecule has 0 aromatic heterocycles. The molecule has 18 heavy (non-hydrogen) atoms. The van der Waals surface area contributed by atoms with Gasteiger partial charge in [0.1, 0.15) is 0 Å². The van der Waals surface area contributed by atoms with E-state index in [1.165, 1.54) is 44.9 Å². The van der Waals surface area contributed by atoms with E-state index in [0.29, 0.717) is 11.7 Å². The highest BCUT2D eigenvalue weighted by atomic mass is 16.1. The van der Waals surface area contributed by atoms with Crippen LogP contribution in [-0.2, 0) is 4.79 Å². The standard InChI is InChI=1S/C17H24O/c18-13-6-9-15-12(10-13)5-8-16-14-3-1-2-11(14)4-7-17(15)16/h6,9,11-12,14-17H,1-5,7-8,10H2. The second kappa shape index (κ2) is 4.21. The van der Waals surface area contributed by atoms with Crippen LogP contribution in [0.1, 0.15) is 51.4 Å². The molecule has 0 saturated heterocycles. The Morgan fingerprint density at radius 2 is 1.67 bits per heavy atom. The lowest BCUT2D eigenvalue weighted by Crippen LogP contribution is -2.43. The van der Waals surface area contributed by atoms with Gasteiger partial charge in [-0.1, -0.05) is 18.9 Å². The summed E-state index contributed by atoms with van der Waals surface area (Å²) < 4.78 is 0. The first-order valence-electron chi connectivity index (χ1n) is 8.04. The largest absolute Gasteiger partial charge is 0.295 e. The van der Waals surface area contributed by atoms with Gasteiger partial charge >= 0.3 is 0 Å². The Kier molecular flexibility index (Phi) is 2.63. The predicted octanol–water partition coefficient (Wildman–Crippen LogP) is 3.98. The molecule has 1 nitrogen and oxygen atoms in total. The van der Waals surface area contributed by atoms with Crippen LogP contribution in [0.2, 0.25) is 0 Å². The number of ketones is 1. The molecule has 0 amide bonds. The molecule has 4 aliphatic carbocycles. The van der Waals surface area contributed by atoms with Crippen molar-refractivity contribution in [1.82, 2.24) is 0 Å². The molecule has 6 unspecified atom stereocenters. The fraction of sp³-hybridized carbons (Fsp3) is 0.824. The van der Waals surface area contributed by atoms with Crippen LogP contribution in [0.3, 0.4) is 0 Å². The van der Waals surface area contributed by atoms with E-state index in [1.807, 2.05) is 6.08 Å². The molecule has 0 aromatic carbocycles. The van der Waals surface area contributed by atoms with E-state index in [9.17, 15) is 4.79 Å². The van der Waals surface area contributed by atoms with E-state index in [-0.39, 0.29) is 0 Å². The zero-order chi connectivity index (χ0) is 12.1. The molecule has 0 N–H and O–H groups in total. The summed E-state index contributed by atoms with van der Waals surface area (Å²) in [5.74, 6) is 5.87. The van der Waals surface area contributed by atoms with Gasteiger partial charge in [0.15, 0.2) is 5.78 Å². The van der Waals surface area contributed by atoms with Crippen LogP contribution in [0.4, 0.5) is 0 Å². The minimum absolute atomic E-state index is 0.379. The van der Waals surface area contributed by atoms with Crippen LogP contribution >= 0.6 is 0 Å². The van der Waals surface area contributed by atoms with Crippen molar-refractivity contribution in [3.05, 3.63) is 12.2 Å². The quantitative estimate of drug-likeness (QED) is 0.630. The van der Waals surface area contributed by atoms with Gasteiger partial charge < -0.3 is 0 Å². The summed E-state index contributed by atoms with van der Waals surface area (Å²) in [4.78, 5) is 11.6. The van der Waals surface area contributed by atoms with E-state index in [0.717, 1.165) is 36.0 Å². The average molecular weight is 244 g/mol. The van der Waals surface area contributed by atoms with Crippen molar-refractivity contribution < 1.29 is 4.79 Å². The van der Waals surface area contributed by atoms with Crippen LogP contribution in [0.25, 0.3) is 0 Å². The van der Waals surface area contributed by atoms with Crippen LogP contribution < -0.4 is 0 Å². The van der Waals surface area contributed by atoms with Crippen molar-refractivity contribution in [2.75, 3.05) is 0 Å². The maximum atomic E-state index is 11.6. The van der Waals surface area contributed by atoms with Gasteiger partial charge in [-0.15, -0.1) is 0 Å². The molecule has 0 radical (unpaired) electrons. The highest BCUT2D eigenvalue weighted by Gasteiger charge is 2.48. The van der Waals surface area contributed by atoms with Crippen molar-refractivity contribution in [1.29, 1.82) is 0 Å². The van der Waals surface area contributed by atoms with Crippen LogP contribution in [-0.4, -0.2) is 5.78 Å². The number of carbonyl (C=O) groups excluding carboxylic acids is 1. The second-order valence-corrected chi connectivity index (χ2v) is 7.20. The molecule has 4 rings (SSSR count). The predicted molar refractivity (Wildman–Crippen MR) is 72.0 cm³/mol. The summed E-state index contributed by atoms with van der Waals surface area (Å²) in [5.41, 5.74) is 0. The lowest BCUT2D eigenvalue weighted by Gasteiger charge is -2.50. The summed E-state index contributed by atoms with van der Waals surface area (Å²) in [6, 6.07) is 0. The van der Waals surface area contributed by atoms with Gasteiger partial charge in [-0.25, -0.2) is 0 Å². The fourth-order valence-corrected chi connectivity index (χ4v) is 5.86. The fourth-order valence-electron chi connectivity index (χ4n) is 5.86. The highest BCUT2D eigenvalue weighted by molar-refractivity contribution is 5.90. The first kappa shape index (κ1) is 11.3. The minimum atomic E-state index is 0.379. The zero-order valence-corrected chi connectivity index (χ0v) is 11.2. The normalized spacial score (nSPS) is 50.6. The maximum Gasteiger partial charge on any atom is 0.155 e. The van der Waals surface area contributed by atoms with Gasteiger partial charge in [0.25, 0.3) is 0 Å². The van der Waals surface area contributed by atoms with Crippen LogP contribution in [0.5, 0.6) is 0 Å². The monoisotopic (exact) mass is 244 g/mol. The van der Waals surface area contributed by atoms with Gasteiger partial charge in [0.05, 0.1) is 0 Å². The van der Waals surface area contributed by atoms with E-state index < -0.39 is 0 Å². The SMILES string of the molecule is O=C1C=CC2C(CCC3C4CCCC4CCC23)C1. The van der Waals surface area contributed by atoms with E-state index in [1.54, 1.807) is 0 Å². The number of allylic oxidation sites excluding steroid dienone is 2. The number of carbonyl (C=O) groups is 1. The number of rotatable bonds is 0. The molecule has 0 spiro atoms. The Balaban J connectivity index is 1.60. The van der Waals surface area contributed by atoms with Crippen LogP contribution in [0.15, 0.2) is 12.2 Å². The first-order valence-corrected chi connectivity index (χ1v) is 8.04. The Hall–Kier alpha value is -0.590. The molecule has 6 atom stereocenters. The third-order valence-corrected chi connectivity index (χ3v) is 6.57. The van der Waals surface area contributed by atoms with Crippen molar-refractivity contribution in [2.24, 2.45) is 35.5 Å². The number of hydrogen-bond donors (Lipinski definition) is 0. The summed E-state index contributed by atoms with van der Waals surface area (Å²) in [7, 11) is 0. The lowest BCUT2D eigenvalue weighted by molar-refractivity contribution is -0.117. The summed E-state index contributed by atoms with van der Waals surface area (Å²) in [6.45, 7) is 0. The zero-order valence-electron chi connectivity index (χ0n) is 11.2. The summed E-state index contributed by atoms with van der Waals surface area (Å²) in [6.07, 6.45) is 15.2. The molecule has 1 heteroatoms. The lowest BCUT2D eigenvalue weighted by atomic mass is 9.55. The van der Waals surface area contributed by atoms with Gasteiger partial charge in [-0.3, -0.25) is 4.79 Å². The Morgan fingerprint density at radius 3 is 2.61 bits per heavy atom. The maximum absolute atomic E-state index is 11.6. The Bertz CT molecular complexity index is 383. The smallest absolute Gasteiger partial charge is 0.155 e. The van der Waals surface area contributed by atoms with Gasteiger partial charge in [-0.2, -0.15) is 0 Å². The third-order valence-electron chi connectivity index (χ3n) is 6.57. The molecule has 98 valence electrons. The molecule has 0 aliphatic heterocycles. The number of fused-ring (bicyclic) bond motifs is 5. The van der Waals surface area contributed by atoms with Gasteiger partial charge in [-0.05, 0) is 73.7 Å². The molecule has 0 bridgehead atoms. The Labute approximate surface area is 110 Å². The summed E-state index contributed by atoms with van der Waals surface area (Å²) >= 11 is 0. The number of hydrogen-bond acceptors (Lipinski definition) is 1. The van der Waals surface area contributed by atoms with Crippen molar-refractivity contribution in [3.8, 4) is 0 Å². The molecule has 3 saturated carbocycles. The molecular formula is C17H24O. The van der Waals surface area contributed by atoms with Crippen molar-refractivity contribution in [2.45, 2.75) is 51.4 Å². The highest BCUT2D eigenvalue weighted by Crippen LogP contribution is 2.56. The van der Waals surface area contributed by atoms with E-state index >= 15 is 0 Å². The third kappa shape index (κ3) is 1.62. The van der Waals surface area contributed by atoms with Crippen LogP contribution in [0, 0.1) is 35.5 Å². The van der Waals surface area contributed by atoms with Crippen molar-refractivity contribution in [3.63, 3.8) is 0 Å². The topological polar surface area (TPSA) is 17.1 Å². The second-order valence-electron chi connectivity index (χ2n) is 7.20. The molecule has 4 aliphatic rings. The molecular weight excluding hydrogens is 220 g/mol. The van der Waals surface area contributed by atoms with Gasteiger partial charge in [0.2, 0.25) is 0 Å². The van der Waals surface area contributed by atoms with E-state index in [4.69, 9.17) is 0 Å².